The molecule has 3 N–H and O–H groups in total. The van der Waals surface area contributed by atoms with Crippen molar-refractivity contribution in [2.24, 2.45) is 10.7 Å². The number of aromatic amines is 1. The van der Waals surface area contributed by atoms with E-state index in [1.807, 2.05) is 25.1 Å². The van der Waals surface area contributed by atoms with Gasteiger partial charge in [0.15, 0.2) is 5.43 Å². The van der Waals surface area contributed by atoms with Gasteiger partial charge in [-0.05, 0) is 31.2 Å². The highest BCUT2D eigenvalue weighted by Crippen LogP contribution is 2.24. The van der Waals surface area contributed by atoms with Gasteiger partial charge in [-0.3, -0.25) is 4.79 Å². The second-order valence-corrected chi connectivity index (χ2v) is 5.21. The van der Waals surface area contributed by atoms with Crippen molar-refractivity contribution in [3.63, 3.8) is 0 Å². The van der Waals surface area contributed by atoms with Gasteiger partial charge in [-0.25, -0.2) is 4.99 Å². The van der Waals surface area contributed by atoms with E-state index in [0.29, 0.717) is 27.8 Å². The lowest BCUT2D eigenvalue weighted by Crippen LogP contribution is -2.12. The molecular formula is C16H14ClN3O. The summed E-state index contributed by atoms with van der Waals surface area (Å²) in [5.41, 5.74) is 8.80. The first-order chi connectivity index (χ1) is 10.1. The number of fused-ring (bicyclic) bond motifs is 2. The van der Waals surface area contributed by atoms with E-state index in [2.05, 4.69) is 9.98 Å². The fourth-order valence-corrected chi connectivity index (χ4v) is 2.43. The Balaban J connectivity index is 2.43. The van der Waals surface area contributed by atoms with Gasteiger partial charge in [-0.15, -0.1) is 11.6 Å². The third-order valence-electron chi connectivity index (χ3n) is 3.37. The first-order valence-corrected chi connectivity index (χ1v) is 7.08. The molecule has 0 radical (unpaired) electrons. The quantitative estimate of drug-likeness (QED) is 0.330. The Labute approximate surface area is 126 Å². The zero-order chi connectivity index (χ0) is 15.0. The largest absolute Gasteiger partial charge is 0.386 e. The minimum Gasteiger partial charge on any atom is -0.386 e. The summed E-state index contributed by atoms with van der Waals surface area (Å²) in [4.78, 5) is 20.2. The van der Waals surface area contributed by atoms with Crippen LogP contribution in [0.5, 0.6) is 0 Å². The van der Waals surface area contributed by atoms with E-state index < -0.39 is 0 Å². The lowest BCUT2D eigenvalue weighted by Gasteiger charge is -2.06. The third-order valence-corrected chi connectivity index (χ3v) is 3.64. The smallest absolute Gasteiger partial charge is 0.197 e. The second kappa shape index (κ2) is 5.22. The fourth-order valence-electron chi connectivity index (χ4n) is 2.37. The SMILES string of the molecule is Cc1ccc2[nH]c3c(N=C(N)CCl)cccc3c(=O)c2c1. The molecule has 0 spiro atoms. The monoisotopic (exact) mass is 299 g/mol. The zero-order valence-corrected chi connectivity index (χ0v) is 12.2. The van der Waals surface area contributed by atoms with Crippen molar-refractivity contribution < 1.29 is 0 Å². The van der Waals surface area contributed by atoms with Crippen LogP contribution in [0, 0.1) is 6.92 Å². The number of hydrogen-bond donors (Lipinski definition) is 2. The summed E-state index contributed by atoms with van der Waals surface area (Å²) >= 11 is 5.67. The van der Waals surface area contributed by atoms with E-state index in [1.165, 1.54) is 0 Å². The molecule has 0 bridgehead atoms. The zero-order valence-electron chi connectivity index (χ0n) is 11.5. The number of aryl methyl sites for hydroxylation is 1. The van der Waals surface area contributed by atoms with Crippen molar-refractivity contribution in [2.75, 3.05) is 5.88 Å². The summed E-state index contributed by atoms with van der Waals surface area (Å²) in [7, 11) is 0. The number of rotatable bonds is 2. The van der Waals surface area contributed by atoms with E-state index in [0.717, 1.165) is 11.1 Å². The minimum atomic E-state index is -0.0102. The van der Waals surface area contributed by atoms with Crippen LogP contribution in [-0.2, 0) is 0 Å². The van der Waals surface area contributed by atoms with Gasteiger partial charge in [-0.1, -0.05) is 17.7 Å². The maximum atomic E-state index is 12.6. The van der Waals surface area contributed by atoms with Crippen molar-refractivity contribution in [2.45, 2.75) is 6.92 Å². The van der Waals surface area contributed by atoms with Gasteiger partial charge in [0.05, 0.1) is 17.1 Å². The molecule has 0 amide bonds. The van der Waals surface area contributed by atoms with Gasteiger partial charge < -0.3 is 10.7 Å². The van der Waals surface area contributed by atoms with Crippen LogP contribution >= 0.6 is 11.6 Å². The lowest BCUT2D eigenvalue weighted by molar-refractivity contribution is 1.41. The highest BCUT2D eigenvalue weighted by molar-refractivity contribution is 6.28. The number of aliphatic imine (C=N–C) groups is 1. The summed E-state index contributed by atoms with van der Waals surface area (Å²) in [6, 6.07) is 11.1. The number of nitrogens with two attached hydrogens (primary N) is 1. The van der Waals surface area contributed by atoms with Crippen LogP contribution in [0.4, 0.5) is 5.69 Å². The van der Waals surface area contributed by atoms with Crippen molar-refractivity contribution in [1.29, 1.82) is 0 Å². The maximum Gasteiger partial charge on any atom is 0.197 e. The van der Waals surface area contributed by atoms with Crippen LogP contribution in [-0.4, -0.2) is 16.7 Å². The minimum absolute atomic E-state index is 0.0102. The summed E-state index contributed by atoms with van der Waals surface area (Å²) in [6.07, 6.45) is 0. The number of nitrogens with one attached hydrogen (secondary N) is 1. The molecule has 0 unspecified atom stereocenters. The van der Waals surface area contributed by atoms with E-state index >= 15 is 0 Å². The van der Waals surface area contributed by atoms with Crippen molar-refractivity contribution in [3.8, 4) is 0 Å². The molecule has 0 aliphatic heterocycles. The predicted octanol–water partition coefficient (Wildman–Crippen LogP) is 3.22. The molecule has 1 heterocycles. The number of H-pyrrole nitrogens is 1. The molecule has 0 saturated heterocycles. The first kappa shape index (κ1) is 13.6. The van der Waals surface area contributed by atoms with Crippen LogP contribution in [0.15, 0.2) is 46.2 Å². The third kappa shape index (κ3) is 2.38. The number of benzene rings is 2. The second-order valence-electron chi connectivity index (χ2n) is 4.94. The number of halogens is 1. The van der Waals surface area contributed by atoms with Gasteiger partial charge in [0, 0.05) is 16.3 Å². The average molecular weight is 300 g/mol. The van der Waals surface area contributed by atoms with Crippen molar-refractivity contribution >= 4 is 44.9 Å². The van der Waals surface area contributed by atoms with Crippen molar-refractivity contribution in [1.82, 2.24) is 4.98 Å². The van der Waals surface area contributed by atoms with Gasteiger partial charge in [0.2, 0.25) is 0 Å². The Morgan fingerprint density at radius 3 is 2.86 bits per heavy atom. The average Bonchev–Trinajstić information content (AvgIpc) is 2.49. The number of para-hydroxylation sites is 1. The van der Waals surface area contributed by atoms with E-state index in [9.17, 15) is 4.79 Å². The summed E-state index contributed by atoms with van der Waals surface area (Å²) < 4.78 is 0. The van der Waals surface area contributed by atoms with E-state index in [4.69, 9.17) is 17.3 Å². The molecule has 0 atom stereocenters. The first-order valence-electron chi connectivity index (χ1n) is 6.54. The number of nitrogens with zero attached hydrogens (tertiary/aromatic N) is 1. The molecule has 4 nitrogen and oxygen atoms in total. The lowest BCUT2D eigenvalue weighted by atomic mass is 10.1. The normalized spacial score (nSPS) is 12.2. The van der Waals surface area contributed by atoms with Crippen LogP contribution < -0.4 is 11.2 Å². The highest BCUT2D eigenvalue weighted by Gasteiger charge is 2.08. The Morgan fingerprint density at radius 1 is 1.29 bits per heavy atom. The molecule has 3 aromatic rings. The molecule has 0 saturated carbocycles. The van der Waals surface area contributed by atoms with Gasteiger partial charge in [0.1, 0.15) is 5.84 Å². The van der Waals surface area contributed by atoms with Gasteiger partial charge >= 0.3 is 0 Å². The standard InChI is InChI=1S/C16H14ClN3O/c1-9-5-6-12-11(7-9)16(21)10-3-2-4-13(15(10)20-12)19-14(18)8-17/h2-7H,8H2,1H3,(H2,18,19)(H,20,21). The predicted molar refractivity (Wildman–Crippen MR) is 88.8 cm³/mol. The molecular weight excluding hydrogens is 286 g/mol. The maximum absolute atomic E-state index is 12.6. The summed E-state index contributed by atoms with van der Waals surface area (Å²) in [6.45, 7) is 1.96. The number of alkyl halides is 1. The Morgan fingerprint density at radius 2 is 2.10 bits per heavy atom. The molecule has 106 valence electrons. The molecule has 21 heavy (non-hydrogen) atoms. The highest BCUT2D eigenvalue weighted by atomic mass is 35.5. The van der Waals surface area contributed by atoms with Crippen LogP contribution in [0.2, 0.25) is 0 Å². The number of pyridine rings is 1. The topological polar surface area (TPSA) is 71.2 Å². The van der Waals surface area contributed by atoms with Crippen molar-refractivity contribution in [3.05, 3.63) is 52.2 Å². The van der Waals surface area contributed by atoms with Crippen LogP contribution in [0.1, 0.15) is 5.56 Å². The number of hydrogen-bond acceptors (Lipinski definition) is 2. The fraction of sp³-hybridized carbons (Fsp3) is 0.125. The molecule has 5 heteroatoms. The van der Waals surface area contributed by atoms with E-state index in [1.54, 1.807) is 18.2 Å². The molecule has 1 aromatic heterocycles. The molecule has 3 rings (SSSR count). The Hall–Kier alpha value is -2.33. The van der Waals surface area contributed by atoms with E-state index in [-0.39, 0.29) is 11.3 Å². The van der Waals surface area contributed by atoms with Gasteiger partial charge in [0.25, 0.3) is 0 Å². The summed E-state index contributed by atoms with van der Waals surface area (Å²) in [5, 5.41) is 1.27. The Kier molecular flexibility index (Phi) is 3.39. The molecule has 2 aromatic carbocycles. The van der Waals surface area contributed by atoms with Gasteiger partial charge in [-0.2, -0.15) is 0 Å². The molecule has 0 aliphatic rings. The number of aromatic nitrogens is 1. The van der Waals surface area contributed by atoms with Crippen LogP contribution in [0.25, 0.3) is 21.8 Å². The summed E-state index contributed by atoms with van der Waals surface area (Å²) in [5.74, 6) is 0.460. The van der Waals surface area contributed by atoms with Crippen LogP contribution in [0.3, 0.4) is 0 Å². The number of amidine groups is 1. The molecule has 0 fully saturated rings. The Bertz CT molecular complexity index is 928. The molecule has 0 aliphatic carbocycles.